The number of pyridine rings is 1. The SMILES string of the molecule is COc1cncc(-c2ccc(N)c(F)c2)c1. The van der Waals surface area contributed by atoms with Gasteiger partial charge in [0, 0.05) is 11.8 Å². The number of hydrogen-bond donors (Lipinski definition) is 1. The van der Waals surface area contributed by atoms with Crippen LogP contribution in [0.15, 0.2) is 36.7 Å². The molecule has 0 saturated carbocycles. The first-order valence-electron chi connectivity index (χ1n) is 4.75. The highest BCUT2D eigenvalue weighted by Crippen LogP contribution is 2.24. The second-order valence-electron chi connectivity index (χ2n) is 3.35. The highest BCUT2D eigenvalue weighted by Gasteiger charge is 2.04. The van der Waals surface area contributed by atoms with Crippen molar-refractivity contribution < 1.29 is 9.13 Å². The molecule has 0 fully saturated rings. The molecule has 0 spiro atoms. The van der Waals surface area contributed by atoms with Gasteiger partial charge < -0.3 is 10.5 Å². The van der Waals surface area contributed by atoms with Crippen molar-refractivity contribution in [3.05, 3.63) is 42.5 Å². The minimum atomic E-state index is -0.430. The van der Waals surface area contributed by atoms with Crippen molar-refractivity contribution in [2.24, 2.45) is 0 Å². The van der Waals surface area contributed by atoms with Crippen LogP contribution in [0.4, 0.5) is 10.1 Å². The summed E-state index contributed by atoms with van der Waals surface area (Å²) in [5.74, 6) is 0.204. The van der Waals surface area contributed by atoms with E-state index in [0.717, 1.165) is 11.1 Å². The van der Waals surface area contributed by atoms with Gasteiger partial charge in [-0.2, -0.15) is 0 Å². The summed E-state index contributed by atoms with van der Waals surface area (Å²) in [6.45, 7) is 0. The minimum Gasteiger partial charge on any atom is -0.495 e. The second kappa shape index (κ2) is 4.18. The Morgan fingerprint density at radius 3 is 2.69 bits per heavy atom. The molecule has 0 radical (unpaired) electrons. The average molecular weight is 218 g/mol. The average Bonchev–Trinajstić information content (AvgIpc) is 2.33. The van der Waals surface area contributed by atoms with E-state index in [0.29, 0.717) is 5.75 Å². The zero-order valence-electron chi connectivity index (χ0n) is 8.77. The monoisotopic (exact) mass is 218 g/mol. The molecule has 1 aromatic carbocycles. The van der Waals surface area contributed by atoms with Crippen LogP contribution in [-0.2, 0) is 0 Å². The lowest BCUT2D eigenvalue weighted by Gasteiger charge is -2.05. The van der Waals surface area contributed by atoms with E-state index in [4.69, 9.17) is 10.5 Å². The Kier molecular flexibility index (Phi) is 2.72. The Morgan fingerprint density at radius 1 is 1.19 bits per heavy atom. The standard InChI is InChI=1S/C12H11FN2O/c1-16-10-4-9(6-15-7-10)8-2-3-12(14)11(13)5-8/h2-7H,14H2,1H3. The maximum absolute atomic E-state index is 13.3. The lowest BCUT2D eigenvalue weighted by atomic mass is 10.1. The molecule has 0 aliphatic rings. The number of nitrogens with two attached hydrogens (primary N) is 1. The van der Waals surface area contributed by atoms with Crippen LogP contribution < -0.4 is 10.5 Å². The molecule has 2 rings (SSSR count). The van der Waals surface area contributed by atoms with Crippen LogP contribution in [0, 0.1) is 5.82 Å². The number of nitrogens with zero attached hydrogens (tertiary/aromatic N) is 1. The summed E-state index contributed by atoms with van der Waals surface area (Å²) in [5, 5.41) is 0. The first-order chi connectivity index (χ1) is 7.70. The van der Waals surface area contributed by atoms with Crippen molar-refractivity contribution in [3.8, 4) is 16.9 Å². The van der Waals surface area contributed by atoms with Crippen LogP contribution >= 0.6 is 0 Å². The van der Waals surface area contributed by atoms with Crippen molar-refractivity contribution in [2.45, 2.75) is 0 Å². The Bertz CT molecular complexity index is 514. The third kappa shape index (κ3) is 1.95. The fourth-order valence-corrected chi connectivity index (χ4v) is 1.40. The summed E-state index contributed by atoms with van der Waals surface area (Å²) in [6.07, 6.45) is 3.24. The predicted molar refractivity (Wildman–Crippen MR) is 60.6 cm³/mol. The lowest BCUT2D eigenvalue weighted by molar-refractivity contribution is 0.413. The van der Waals surface area contributed by atoms with E-state index in [1.165, 1.54) is 12.1 Å². The van der Waals surface area contributed by atoms with Gasteiger partial charge in [-0.1, -0.05) is 6.07 Å². The molecular formula is C12H11FN2O. The molecule has 0 atom stereocenters. The molecule has 1 heterocycles. The Balaban J connectivity index is 2.46. The van der Waals surface area contributed by atoms with E-state index >= 15 is 0 Å². The smallest absolute Gasteiger partial charge is 0.146 e. The van der Waals surface area contributed by atoms with Gasteiger partial charge in [-0.15, -0.1) is 0 Å². The number of methoxy groups -OCH3 is 1. The Morgan fingerprint density at radius 2 is 2.00 bits per heavy atom. The highest BCUT2D eigenvalue weighted by atomic mass is 19.1. The van der Waals surface area contributed by atoms with Crippen LogP contribution in [0.2, 0.25) is 0 Å². The van der Waals surface area contributed by atoms with Crippen LogP contribution in [-0.4, -0.2) is 12.1 Å². The topological polar surface area (TPSA) is 48.1 Å². The number of benzene rings is 1. The zero-order chi connectivity index (χ0) is 11.5. The molecule has 2 aromatic rings. The van der Waals surface area contributed by atoms with E-state index in [1.807, 2.05) is 0 Å². The first kappa shape index (κ1) is 10.4. The van der Waals surface area contributed by atoms with Gasteiger partial charge in [-0.25, -0.2) is 4.39 Å². The summed E-state index contributed by atoms with van der Waals surface area (Å²) in [4.78, 5) is 4.01. The summed E-state index contributed by atoms with van der Waals surface area (Å²) in [7, 11) is 1.56. The highest BCUT2D eigenvalue weighted by molar-refractivity contribution is 5.66. The molecule has 0 unspecified atom stereocenters. The van der Waals surface area contributed by atoms with E-state index in [1.54, 1.807) is 31.6 Å². The maximum atomic E-state index is 13.3. The fraction of sp³-hybridized carbons (Fsp3) is 0.0833. The number of rotatable bonds is 2. The predicted octanol–water partition coefficient (Wildman–Crippen LogP) is 2.48. The van der Waals surface area contributed by atoms with Gasteiger partial charge in [0.2, 0.25) is 0 Å². The molecule has 2 N–H and O–H groups in total. The summed E-state index contributed by atoms with van der Waals surface area (Å²) >= 11 is 0. The molecule has 82 valence electrons. The molecule has 0 aliphatic carbocycles. The van der Waals surface area contributed by atoms with Crippen molar-refractivity contribution in [2.75, 3.05) is 12.8 Å². The third-order valence-corrected chi connectivity index (χ3v) is 2.28. The van der Waals surface area contributed by atoms with Crippen molar-refractivity contribution in [1.29, 1.82) is 0 Å². The number of ether oxygens (including phenoxy) is 1. The zero-order valence-corrected chi connectivity index (χ0v) is 8.77. The van der Waals surface area contributed by atoms with Crippen molar-refractivity contribution >= 4 is 5.69 Å². The summed E-state index contributed by atoms with van der Waals surface area (Å²) in [5.41, 5.74) is 7.06. The molecule has 0 bridgehead atoms. The molecule has 3 nitrogen and oxygen atoms in total. The number of aromatic nitrogens is 1. The first-order valence-corrected chi connectivity index (χ1v) is 4.75. The second-order valence-corrected chi connectivity index (χ2v) is 3.35. The van der Waals surface area contributed by atoms with E-state index in [2.05, 4.69) is 4.98 Å². The normalized spacial score (nSPS) is 10.1. The molecule has 0 aliphatic heterocycles. The van der Waals surface area contributed by atoms with Gasteiger partial charge >= 0.3 is 0 Å². The van der Waals surface area contributed by atoms with Gasteiger partial charge in [-0.05, 0) is 23.8 Å². The van der Waals surface area contributed by atoms with Gasteiger partial charge in [-0.3, -0.25) is 4.98 Å². The van der Waals surface area contributed by atoms with Gasteiger partial charge in [0.1, 0.15) is 11.6 Å². The number of anilines is 1. The van der Waals surface area contributed by atoms with Crippen LogP contribution in [0.25, 0.3) is 11.1 Å². The van der Waals surface area contributed by atoms with Crippen molar-refractivity contribution in [3.63, 3.8) is 0 Å². The van der Waals surface area contributed by atoms with E-state index < -0.39 is 5.82 Å². The summed E-state index contributed by atoms with van der Waals surface area (Å²) < 4.78 is 18.3. The third-order valence-electron chi connectivity index (χ3n) is 2.28. The fourth-order valence-electron chi connectivity index (χ4n) is 1.40. The molecule has 0 saturated heterocycles. The molecule has 1 aromatic heterocycles. The van der Waals surface area contributed by atoms with Gasteiger partial charge in [0.25, 0.3) is 0 Å². The van der Waals surface area contributed by atoms with Crippen LogP contribution in [0.3, 0.4) is 0 Å². The van der Waals surface area contributed by atoms with Gasteiger partial charge in [0.05, 0.1) is 19.0 Å². The largest absolute Gasteiger partial charge is 0.495 e. The molecule has 16 heavy (non-hydrogen) atoms. The number of nitrogen functional groups attached to an aromatic ring is 1. The Hall–Kier alpha value is -2.10. The van der Waals surface area contributed by atoms with E-state index in [-0.39, 0.29) is 5.69 Å². The van der Waals surface area contributed by atoms with Crippen LogP contribution in [0.1, 0.15) is 0 Å². The molecule has 0 amide bonds. The molecular weight excluding hydrogens is 207 g/mol. The number of hydrogen-bond acceptors (Lipinski definition) is 3. The summed E-state index contributed by atoms with van der Waals surface area (Å²) in [6, 6.07) is 6.45. The quantitative estimate of drug-likeness (QED) is 0.788. The lowest BCUT2D eigenvalue weighted by Crippen LogP contribution is -1.91. The minimum absolute atomic E-state index is 0.139. The van der Waals surface area contributed by atoms with E-state index in [9.17, 15) is 4.39 Å². The molecule has 4 heteroatoms. The Labute approximate surface area is 92.7 Å². The number of halogens is 1. The van der Waals surface area contributed by atoms with Crippen LogP contribution in [0.5, 0.6) is 5.75 Å². The maximum Gasteiger partial charge on any atom is 0.146 e. The van der Waals surface area contributed by atoms with Crippen molar-refractivity contribution in [1.82, 2.24) is 4.98 Å². The van der Waals surface area contributed by atoms with Gasteiger partial charge in [0.15, 0.2) is 0 Å².